The lowest BCUT2D eigenvalue weighted by Crippen LogP contribution is -2.52. The lowest BCUT2D eigenvalue weighted by atomic mass is 10.0. The Hall–Kier alpha value is -1.59. The molecule has 0 saturated carbocycles. The maximum atomic E-state index is 12.3. The number of hydrogen-bond acceptors (Lipinski definition) is 3. The van der Waals surface area contributed by atoms with Gasteiger partial charge >= 0.3 is 6.03 Å². The van der Waals surface area contributed by atoms with Crippen LogP contribution in [0.4, 0.5) is 4.79 Å². The Balaban J connectivity index is 1.83. The average molecular weight is 319 g/mol. The van der Waals surface area contributed by atoms with E-state index in [0.29, 0.717) is 25.0 Å². The summed E-state index contributed by atoms with van der Waals surface area (Å²) in [6.45, 7) is 9.17. The number of benzene rings is 1. The van der Waals surface area contributed by atoms with Crippen LogP contribution in [0.5, 0.6) is 0 Å². The van der Waals surface area contributed by atoms with Crippen molar-refractivity contribution < 1.29 is 9.53 Å². The Morgan fingerprint density at radius 1 is 1.26 bits per heavy atom. The second-order valence-electron chi connectivity index (χ2n) is 6.49. The van der Waals surface area contributed by atoms with Gasteiger partial charge in [0.25, 0.3) is 0 Å². The highest BCUT2D eigenvalue weighted by Crippen LogP contribution is 2.12. The van der Waals surface area contributed by atoms with Gasteiger partial charge in [-0.05, 0) is 11.5 Å². The van der Waals surface area contributed by atoms with Gasteiger partial charge in [-0.15, -0.1) is 0 Å². The summed E-state index contributed by atoms with van der Waals surface area (Å²) < 4.78 is 5.42. The molecule has 0 aliphatic carbocycles. The minimum Gasteiger partial charge on any atom is -0.379 e. The molecule has 2 rings (SSSR count). The number of ether oxygens (including phenoxy) is 1. The average Bonchev–Trinajstić information content (AvgIpc) is 2.56. The molecule has 1 aromatic rings. The first-order chi connectivity index (χ1) is 11.1. The molecule has 0 spiro atoms. The van der Waals surface area contributed by atoms with E-state index < -0.39 is 0 Å². The molecule has 5 nitrogen and oxygen atoms in total. The number of hydrogen-bond donors (Lipinski definition) is 1. The number of carbonyl (C=O) groups excluding carboxylic acids is 1. The highest BCUT2D eigenvalue weighted by Gasteiger charge is 2.24. The lowest BCUT2D eigenvalue weighted by Gasteiger charge is -2.37. The molecule has 23 heavy (non-hydrogen) atoms. The maximum Gasteiger partial charge on any atom is 0.317 e. The summed E-state index contributed by atoms with van der Waals surface area (Å²) in [6, 6.07) is 10.4. The predicted molar refractivity (Wildman–Crippen MR) is 92.3 cm³/mol. The van der Waals surface area contributed by atoms with Crippen molar-refractivity contribution >= 4 is 6.03 Å². The Bertz CT molecular complexity index is 472. The van der Waals surface area contributed by atoms with Crippen molar-refractivity contribution in [3.8, 4) is 0 Å². The van der Waals surface area contributed by atoms with Gasteiger partial charge in [-0.3, -0.25) is 4.90 Å². The molecule has 1 aliphatic heterocycles. The summed E-state index contributed by atoms with van der Waals surface area (Å²) in [5.74, 6) is 0.493. The van der Waals surface area contributed by atoms with E-state index in [0.717, 1.165) is 31.9 Å². The molecule has 2 amide bonds. The van der Waals surface area contributed by atoms with E-state index in [-0.39, 0.29) is 6.03 Å². The van der Waals surface area contributed by atoms with Crippen LogP contribution in [0.25, 0.3) is 0 Å². The molecule has 0 bridgehead atoms. The van der Waals surface area contributed by atoms with Gasteiger partial charge in [-0.2, -0.15) is 0 Å². The third-order valence-electron chi connectivity index (χ3n) is 4.36. The minimum atomic E-state index is -0.0206. The summed E-state index contributed by atoms with van der Waals surface area (Å²) >= 11 is 0. The predicted octanol–water partition coefficient (Wildman–Crippen LogP) is 2.18. The minimum absolute atomic E-state index is 0.0206. The van der Waals surface area contributed by atoms with Gasteiger partial charge in [0.1, 0.15) is 0 Å². The summed E-state index contributed by atoms with van der Waals surface area (Å²) in [5, 5.41) is 3.09. The second-order valence-corrected chi connectivity index (χ2v) is 6.49. The van der Waals surface area contributed by atoms with E-state index in [1.807, 2.05) is 37.4 Å². The highest BCUT2D eigenvalue weighted by atomic mass is 16.5. The van der Waals surface area contributed by atoms with E-state index in [1.165, 1.54) is 0 Å². The van der Waals surface area contributed by atoms with Crippen LogP contribution in [0.3, 0.4) is 0 Å². The van der Waals surface area contributed by atoms with Crippen LogP contribution < -0.4 is 5.32 Å². The van der Waals surface area contributed by atoms with E-state index in [9.17, 15) is 4.79 Å². The van der Waals surface area contributed by atoms with E-state index in [1.54, 1.807) is 4.90 Å². The van der Waals surface area contributed by atoms with Gasteiger partial charge in [-0.1, -0.05) is 44.2 Å². The van der Waals surface area contributed by atoms with Gasteiger partial charge in [0.05, 0.1) is 13.2 Å². The Morgan fingerprint density at radius 2 is 1.91 bits per heavy atom. The van der Waals surface area contributed by atoms with Crippen molar-refractivity contribution in [2.24, 2.45) is 5.92 Å². The Morgan fingerprint density at radius 3 is 2.52 bits per heavy atom. The van der Waals surface area contributed by atoms with Crippen LogP contribution in [-0.4, -0.2) is 61.8 Å². The zero-order valence-electron chi connectivity index (χ0n) is 14.5. The first-order valence-corrected chi connectivity index (χ1v) is 8.42. The molecule has 1 heterocycles. The molecule has 1 fully saturated rings. The lowest BCUT2D eigenvalue weighted by molar-refractivity contribution is 0.00697. The molecule has 0 radical (unpaired) electrons. The van der Waals surface area contributed by atoms with Crippen LogP contribution >= 0.6 is 0 Å². The number of carbonyl (C=O) groups is 1. The first-order valence-electron chi connectivity index (χ1n) is 8.42. The summed E-state index contributed by atoms with van der Waals surface area (Å²) in [7, 11) is 1.83. The van der Waals surface area contributed by atoms with Crippen molar-refractivity contribution in [3.05, 3.63) is 35.9 Å². The Labute approximate surface area is 139 Å². The van der Waals surface area contributed by atoms with Crippen LogP contribution in [0.1, 0.15) is 19.4 Å². The molecule has 1 atom stereocenters. The molecule has 1 aromatic carbocycles. The monoisotopic (exact) mass is 319 g/mol. The molecular weight excluding hydrogens is 290 g/mol. The zero-order chi connectivity index (χ0) is 16.7. The summed E-state index contributed by atoms with van der Waals surface area (Å²) in [4.78, 5) is 16.5. The SMILES string of the molecule is CC(C)C(CNC(=O)N(C)Cc1ccccc1)N1CCOCC1. The van der Waals surface area contributed by atoms with Crippen molar-refractivity contribution in [2.45, 2.75) is 26.4 Å². The fraction of sp³-hybridized carbons (Fsp3) is 0.611. The number of amides is 2. The Kier molecular flexibility index (Phi) is 6.86. The van der Waals surface area contributed by atoms with Crippen molar-refractivity contribution in [1.29, 1.82) is 0 Å². The number of morpholine rings is 1. The molecule has 128 valence electrons. The largest absolute Gasteiger partial charge is 0.379 e. The molecule has 5 heteroatoms. The van der Waals surface area contributed by atoms with Gasteiger partial charge in [0, 0.05) is 39.3 Å². The fourth-order valence-electron chi connectivity index (χ4n) is 2.95. The van der Waals surface area contributed by atoms with E-state index in [4.69, 9.17) is 4.74 Å². The maximum absolute atomic E-state index is 12.3. The van der Waals surface area contributed by atoms with Crippen molar-refractivity contribution in [3.63, 3.8) is 0 Å². The zero-order valence-corrected chi connectivity index (χ0v) is 14.5. The fourth-order valence-corrected chi connectivity index (χ4v) is 2.95. The smallest absolute Gasteiger partial charge is 0.317 e. The third-order valence-corrected chi connectivity index (χ3v) is 4.36. The second kappa shape index (κ2) is 8.89. The van der Waals surface area contributed by atoms with Crippen LogP contribution in [-0.2, 0) is 11.3 Å². The standard InChI is InChI=1S/C18H29N3O2/c1-15(2)17(21-9-11-23-12-10-21)13-19-18(22)20(3)14-16-7-5-4-6-8-16/h4-8,15,17H,9-14H2,1-3H3,(H,19,22). The molecular formula is C18H29N3O2. The van der Waals surface area contributed by atoms with Crippen molar-refractivity contribution in [1.82, 2.24) is 15.1 Å². The quantitative estimate of drug-likeness (QED) is 0.874. The van der Waals surface area contributed by atoms with E-state index in [2.05, 4.69) is 24.1 Å². The van der Waals surface area contributed by atoms with Crippen LogP contribution in [0.2, 0.25) is 0 Å². The number of nitrogens with one attached hydrogen (secondary N) is 1. The number of urea groups is 1. The molecule has 1 saturated heterocycles. The van der Waals surface area contributed by atoms with Crippen LogP contribution in [0, 0.1) is 5.92 Å². The van der Waals surface area contributed by atoms with Crippen molar-refractivity contribution in [2.75, 3.05) is 39.9 Å². The van der Waals surface area contributed by atoms with Gasteiger partial charge < -0.3 is 15.0 Å². The van der Waals surface area contributed by atoms with Gasteiger partial charge in [0.15, 0.2) is 0 Å². The first kappa shape index (κ1) is 17.8. The topological polar surface area (TPSA) is 44.8 Å². The number of rotatable bonds is 6. The summed E-state index contributed by atoms with van der Waals surface area (Å²) in [5.41, 5.74) is 1.14. The third kappa shape index (κ3) is 5.52. The van der Waals surface area contributed by atoms with Gasteiger partial charge in [-0.25, -0.2) is 4.79 Å². The highest BCUT2D eigenvalue weighted by molar-refractivity contribution is 5.73. The molecule has 1 unspecified atom stereocenters. The van der Waals surface area contributed by atoms with Crippen LogP contribution in [0.15, 0.2) is 30.3 Å². The summed E-state index contributed by atoms with van der Waals surface area (Å²) in [6.07, 6.45) is 0. The number of nitrogens with zero attached hydrogens (tertiary/aromatic N) is 2. The van der Waals surface area contributed by atoms with Gasteiger partial charge in [0.2, 0.25) is 0 Å². The normalized spacial score (nSPS) is 17.0. The molecule has 0 aromatic heterocycles. The van der Waals surface area contributed by atoms with E-state index >= 15 is 0 Å². The molecule has 1 N–H and O–H groups in total. The molecule has 1 aliphatic rings.